The zero-order valence-electron chi connectivity index (χ0n) is 12.0. The summed E-state index contributed by atoms with van der Waals surface area (Å²) < 4.78 is 5.46. The van der Waals surface area contributed by atoms with Crippen LogP contribution in [-0.2, 0) is 15.1 Å². The van der Waals surface area contributed by atoms with Gasteiger partial charge in [0.1, 0.15) is 11.7 Å². The predicted molar refractivity (Wildman–Crippen MR) is 71.7 cm³/mol. The number of aliphatic carboxylic acids is 1. The average Bonchev–Trinajstić information content (AvgIpc) is 2.50. The number of hydrogen-bond acceptors (Lipinski definition) is 4. The third-order valence-corrected chi connectivity index (χ3v) is 3.34. The molecule has 2 rings (SSSR count). The second-order valence-corrected chi connectivity index (χ2v) is 4.39. The number of carboxylic acids is 1. The van der Waals surface area contributed by atoms with Crippen molar-refractivity contribution in [3.63, 3.8) is 0 Å². The Kier molecular flexibility index (Phi) is 6.58. The van der Waals surface area contributed by atoms with Gasteiger partial charge in [0.2, 0.25) is 0 Å². The number of methoxy groups -OCH3 is 1. The fraction of sp³-hybridized carbons (Fsp3) is 0.188. The number of aliphatic hydroxyl groups is 1. The third kappa shape index (κ3) is 3.36. The number of ether oxygens (including phenoxy) is 1. The molecular weight excluding hydrogens is 279 g/mol. The van der Waals surface area contributed by atoms with Gasteiger partial charge >= 0.3 is 29.6 Å². The maximum absolute atomic E-state index is 11.2. The van der Waals surface area contributed by atoms with Gasteiger partial charge in [0.05, 0.1) is 5.97 Å². The number of carbonyl (C=O) groups excluding carboxylic acids is 1. The molecule has 0 aliphatic rings. The molecule has 104 valence electrons. The van der Waals surface area contributed by atoms with Crippen LogP contribution in [0.3, 0.4) is 0 Å². The normalized spacial score (nSPS) is 12.3. The summed E-state index contributed by atoms with van der Waals surface area (Å²) in [6.07, 6.45) is -1.82. The van der Waals surface area contributed by atoms with Gasteiger partial charge in [-0.2, -0.15) is 0 Å². The van der Waals surface area contributed by atoms with Crippen molar-refractivity contribution in [3.05, 3.63) is 71.8 Å². The zero-order valence-corrected chi connectivity index (χ0v) is 14.0. The molecule has 2 aromatic rings. The van der Waals surface area contributed by atoms with Gasteiger partial charge in [0.15, 0.2) is 0 Å². The van der Waals surface area contributed by atoms with Crippen LogP contribution in [0.5, 0.6) is 0 Å². The van der Waals surface area contributed by atoms with Gasteiger partial charge in [0, 0.05) is 7.11 Å². The van der Waals surface area contributed by atoms with Crippen LogP contribution < -0.4 is 34.7 Å². The molecule has 0 heterocycles. The third-order valence-electron chi connectivity index (χ3n) is 3.34. The number of benzene rings is 2. The van der Waals surface area contributed by atoms with E-state index in [2.05, 4.69) is 0 Å². The van der Waals surface area contributed by atoms with Crippen LogP contribution in [0.15, 0.2) is 60.7 Å². The van der Waals surface area contributed by atoms with E-state index in [4.69, 9.17) is 4.74 Å². The summed E-state index contributed by atoms with van der Waals surface area (Å²) in [5, 5.41) is 21.4. The summed E-state index contributed by atoms with van der Waals surface area (Å²) in [6, 6.07) is 17.5. The van der Waals surface area contributed by atoms with E-state index in [1.807, 2.05) is 0 Å². The molecule has 1 N–H and O–H groups in total. The number of carboxylic acid groups (broad SMARTS) is 1. The summed E-state index contributed by atoms with van der Waals surface area (Å²) in [4.78, 5) is 11.2. The molecule has 4 nitrogen and oxygen atoms in total. The average molecular weight is 294 g/mol. The summed E-state index contributed by atoms with van der Waals surface area (Å²) >= 11 is 0. The van der Waals surface area contributed by atoms with Crippen LogP contribution >= 0.6 is 0 Å². The van der Waals surface area contributed by atoms with Crippen molar-refractivity contribution in [1.29, 1.82) is 0 Å². The Morgan fingerprint density at radius 3 is 1.71 bits per heavy atom. The van der Waals surface area contributed by atoms with Gasteiger partial charge in [-0.3, -0.25) is 0 Å². The molecular formula is C16H15NaO4. The molecule has 1 unspecified atom stereocenters. The molecule has 0 amide bonds. The first-order valence-corrected chi connectivity index (χ1v) is 6.18. The molecule has 0 saturated heterocycles. The second kappa shape index (κ2) is 7.73. The van der Waals surface area contributed by atoms with Crippen LogP contribution in [0.1, 0.15) is 11.1 Å². The molecule has 5 heteroatoms. The fourth-order valence-corrected chi connectivity index (χ4v) is 2.37. The van der Waals surface area contributed by atoms with Gasteiger partial charge in [0.25, 0.3) is 0 Å². The van der Waals surface area contributed by atoms with Crippen molar-refractivity contribution in [2.75, 3.05) is 7.11 Å². The van der Waals surface area contributed by atoms with Gasteiger partial charge in [-0.15, -0.1) is 0 Å². The Balaban J connectivity index is 0.00000220. The van der Waals surface area contributed by atoms with Crippen molar-refractivity contribution in [2.45, 2.75) is 11.7 Å². The molecule has 2 aromatic carbocycles. The summed E-state index contributed by atoms with van der Waals surface area (Å²) in [5.74, 6) is -1.58. The minimum atomic E-state index is -1.82. The van der Waals surface area contributed by atoms with Crippen LogP contribution in [0, 0.1) is 0 Å². The first-order valence-electron chi connectivity index (χ1n) is 6.18. The first kappa shape index (κ1) is 17.9. The topological polar surface area (TPSA) is 69.6 Å². The van der Waals surface area contributed by atoms with E-state index in [1.54, 1.807) is 60.7 Å². The minimum Gasteiger partial charge on any atom is -0.547 e. The van der Waals surface area contributed by atoms with Crippen LogP contribution in [0.25, 0.3) is 0 Å². The Labute approximate surface area is 145 Å². The Hall–Kier alpha value is -1.17. The fourth-order valence-electron chi connectivity index (χ4n) is 2.37. The second-order valence-electron chi connectivity index (χ2n) is 4.39. The molecule has 1 atom stereocenters. The Morgan fingerprint density at radius 2 is 1.43 bits per heavy atom. The molecule has 0 aliphatic heterocycles. The van der Waals surface area contributed by atoms with Crippen molar-refractivity contribution >= 4 is 5.97 Å². The monoisotopic (exact) mass is 294 g/mol. The molecule has 0 bridgehead atoms. The van der Waals surface area contributed by atoms with E-state index >= 15 is 0 Å². The summed E-state index contributed by atoms with van der Waals surface area (Å²) in [7, 11) is 1.37. The van der Waals surface area contributed by atoms with Gasteiger partial charge < -0.3 is 19.7 Å². The van der Waals surface area contributed by atoms with Gasteiger partial charge in [-0.05, 0) is 11.1 Å². The van der Waals surface area contributed by atoms with Crippen molar-refractivity contribution < 1.29 is 49.3 Å². The number of aliphatic hydroxyl groups excluding tert-OH is 1. The van der Waals surface area contributed by atoms with E-state index in [1.165, 1.54) is 7.11 Å². The summed E-state index contributed by atoms with van der Waals surface area (Å²) in [6.45, 7) is 0. The number of rotatable bonds is 5. The van der Waals surface area contributed by atoms with Crippen LogP contribution in [0.2, 0.25) is 0 Å². The molecule has 0 spiro atoms. The number of hydrogen-bond donors (Lipinski definition) is 1. The zero-order chi connectivity index (χ0) is 14.6. The van der Waals surface area contributed by atoms with E-state index in [0.717, 1.165) is 0 Å². The van der Waals surface area contributed by atoms with E-state index < -0.39 is 17.7 Å². The quantitative estimate of drug-likeness (QED) is 0.629. The van der Waals surface area contributed by atoms with E-state index in [9.17, 15) is 15.0 Å². The van der Waals surface area contributed by atoms with E-state index in [0.29, 0.717) is 11.1 Å². The van der Waals surface area contributed by atoms with Gasteiger partial charge in [-0.1, -0.05) is 60.7 Å². The number of carbonyl (C=O) groups is 1. The molecule has 0 radical (unpaired) electrons. The summed E-state index contributed by atoms with van der Waals surface area (Å²) in [5.41, 5.74) is -0.405. The van der Waals surface area contributed by atoms with Gasteiger partial charge in [-0.25, -0.2) is 0 Å². The predicted octanol–water partition coefficient (Wildman–Crippen LogP) is -2.31. The smallest absolute Gasteiger partial charge is 0.547 e. The molecule has 0 saturated carbocycles. The maximum atomic E-state index is 11.2. The molecule has 21 heavy (non-hydrogen) atoms. The standard InChI is InChI=1S/C16H16O4.Na/c1-20-16(14(17)15(18)19,12-8-4-2-5-9-12)13-10-6-3-7-11-13;/h2-11,14,17H,1H3,(H,18,19);/q;+1/p-1. The largest absolute Gasteiger partial charge is 1.00 e. The van der Waals surface area contributed by atoms with Crippen molar-refractivity contribution in [2.24, 2.45) is 0 Å². The van der Waals surface area contributed by atoms with Crippen LogP contribution in [0.4, 0.5) is 0 Å². The van der Waals surface area contributed by atoms with Crippen LogP contribution in [-0.4, -0.2) is 24.3 Å². The molecule has 0 aromatic heterocycles. The minimum absolute atomic E-state index is 0. The maximum Gasteiger partial charge on any atom is 1.00 e. The van der Waals surface area contributed by atoms with E-state index in [-0.39, 0.29) is 29.6 Å². The Morgan fingerprint density at radius 1 is 1.05 bits per heavy atom. The Bertz CT molecular complexity index is 532. The molecule has 0 aliphatic carbocycles. The first-order chi connectivity index (χ1) is 9.63. The van der Waals surface area contributed by atoms with Crippen molar-refractivity contribution in [1.82, 2.24) is 0 Å². The molecule has 0 fully saturated rings. The SMILES string of the molecule is COC(c1ccccc1)(c1ccccc1)C(O)C(=O)[O-].[Na+]. The van der Waals surface area contributed by atoms with Crippen molar-refractivity contribution in [3.8, 4) is 0 Å².